The zero-order valence-electron chi connectivity index (χ0n) is 19.5. The van der Waals surface area contributed by atoms with Crippen LogP contribution in [0.3, 0.4) is 0 Å². The minimum atomic E-state index is 0.0443. The molecule has 4 rings (SSSR count). The van der Waals surface area contributed by atoms with Gasteiger partial charge in [-0.1, -0.05) is 18.3 Å². The minimum Gasteiger partial charge on any atom is -0.494 e. The van der Waals surface area contributed by atoms with Crippen molar-refractivity contribution in [3.63, 3.8) is 0 Å². The van der Waals surface area contributed by atoms with Crippen LogP contribution >= 0.6 is 11.3 Å². The van der Waals surface area contributed by atoms with E-state index >= 15 is 0 Å². The second-order valence-electron chi connectivity index (χ2n) is 8.76. The van der Waals surface area contributed by atoms with E-state index in [2.05, 4.69) is 33.0 Å². The molecule has 32 heavy (non-hydrogen) atoms. The third-order valence-corrected chi connectivity index (χ3v) is 7.66. The third-order valence-electron chi connectivity index (χ3n) is 6.58. The summed E-state index contributed by atoms with van der Waals surface area (Å²) in [5.41, 5.74) is 1.000. The number of ether oxygens (including phenoxy) is 1. The summed E-state index contributed by atoms with van der Waals surface area (Å²) in [6, 6.07) is 6.07. The molecule has 0 saturated carbocycles. The summed E-state index contributed by atoms with van der Waals surface area (Å²) >= 11 is 1.69. The SMILES string of the molecule is CCOc1ccc2nc(N3CCCC(C(=O)NCCCN4CCN(CC)CC4)C3)sc2c1. The Morgan fingerprint density at radius 3 is 2.78 bits per heavy atom. The predicted molar refractivity (Wildman–Crippen MR) is 132 cm³/mol. The Kier molecular flexibility index (Phi) is 8.21. The molecule has 1 aromatic heterocycles. The molecule has 0 aliphatic carbocycles. The molecule has 3 heterocycles. The third kappa shape index (κ3) is 5.91. The standard InChI is InChI=1S/C24H37N5O2S/c1-3-27-13-15-28(16-14-27)11-6-10-25-23(30)19-7-5-12-29(18-19)24-26-21-9-8-20(31-4-2)17-22(21)32-24/h8-9,17,19H,3-7,10-16,18H2,1-2H3,(H,25,30). The lowest BCUT2D eigenvalue weighted by Crippen LogP contribution is -2.47. The van der Waals surface area contributed by atoms with Crippen molar-refractivity contribution in [3.8, 4) is 5.75 Å². The molecule has 0 radical (unpaired) electrons. The summed E-state index contributed by atoms with van der Waals surface area (Å²) in [6.07, 6.45) is 3.01. The van der Waals surface area contributed by atoms with Crippen LogP contribution in [-0.4, -0.2) is 86.2 Å². The number of thiazole rings is 1. The molecular weight excluding hydrogens is 422 g/mol. The molecule has 1 N–H and O–H groups in total. The fourth-order valence-electron chi connectivity index (χ4n) is 4.64. The van der Waals surface area contributed by atoms with E-state index in [1.807, 2.05) is 19.1 Å². The Labute approximate surface area is 195 Å². The highest BCUT2D eigenvalue weighted by Crippen LogP contribution is 2.33. The fraction of sp³-hybridized carbons (Fsp3) is 0.667. The largest absolute Gasteiger partial charge is 0.494 e. The average molecular weight is 460 g/mol. The zero-order valence-corrected chi connectivity index (χ0v) is 20.3. The van der Waals surface area contributed by atoms with Crippen molar-refractivity contribution in [3.05, 3.63) is 18.2 Å². The summed E-state index contributed by atoms with van der Waals surface area (Å²) in [5.74, 6) is 1.13. The van der Waals surface area contributed by atoms with Gasteiger partial charge in [0, 0.05) is 45.8 Å². The molecule has 2 aromatic rings. The highest BCUT2D eigenvalue weighted by molar-refractivity contribution is 7.22. The van der Waals surface area contributed by atoms with E-state index in [1.165, 1.54) is 13.1 Å². The van der Waals surface area contributed by atoms with Gasteiger partial charge in [0.05, 0.1) is 22.7 Å². The van der Waals surface area contributed by atoms with Crippen LogP contribution in [0.4, 0.5) is 5.13 Å². The predicted octanol–water partition coefficient (Wildman–Crippen LogP) is 3.06. The molecule has 0 spiro atoms. The number of nitrogens with one attached hydrogen (secondary N) is 1. The number of rotatable bonds is 9. The maximum absolute atomic E-state index is 12.8. The van der Waals surface area contributed by atoms with E-state index < -0.39 is 0 Å². The minimum absolute atomic E-state index is 0.0443. The highest BCUT2D eigenvalue weighted by Gasteiger charge is 2.27. The Balaban J connectivity index is 1.23. The van der Waals surface area contributed by atoms with Crippen LogP contribution < -0.4 is 15.0 Å². The van der Waals surface area contributed by atoms with Crippen LogP contribution in [0, 0.1) is 5.92 Å². The van der Waals surface area contributed by atoms with E-state index in [0.29, 0.717) is 6.61 Å². The summed E-state index contributed by atoms with van der Waals surface area (Å²) in [4.78, 5) is 24.9. The van der Waals surface area contributed by atoms with Crippen molar-refractivity contribution in [2.24, 2.45) is 5.92 Å². The molecule has 1 amide bonds. The molecule has 176 valence electrons. The molecule has 0 bridgehead atoms. The molecule has 2 saturated heterocycles. The van der Waals surface area contributed by atoms with E-state index in [-0.39, 0.29) is 11.8 Å². The number of fused-ring (bicyclic) bond motifs is 1. The lowest BCUT2D eigenvalue weighted by molar-refractivity contribution is -0.125. The normalized spacial score (nSPS) is 20.6. The quantitative estimate of drug-likeness (QED) is 0.582. The van der Waals surface area contributed by atoms with Gasteiger partial charge in [-0.25, -0.2) is 4.98 Å². The zero-order chi connectivity index (χ0) is 22.3. The number of hydrogen-bond acceptors (Lipinski definition) is 7. The van der Waals surface area contributed by atoms with E-state index in [1.54, 1.807) is 11.3 Å². The Hall–Kier alpha value is -1.90. The Bertz CT molecular complexity index is 880. The van der Waals surface area contributed by atoms with Gasteiger partial charge < -0.3 is 24.8 Å². The first-order valence-corrected chi connectivity index (χ1v) is 13.0. The fourth-order valence-corrected chi connectivity index (χ4v) is 5.67. The van der Waals surface area contributed by atoms with Gasteiger partial charge in [-0.2, -0.15) is 0 Å². The number of anilines is 1. The summed E-state index contributed by atoms with van der Waals surface area (Å²) in [5, 5.41) is 4.21. The van der Waals surface area contributed by atoms with Crippen molar-refractivity contribution in [2.45, 2.75) is 33.1 Å². The number of aromatic nitrogens is 1. The van der Waals surface area contributed by atoms with E-state index in [4.69, 9.17) is 9.72 Å². The Morgan fingerprint density at radius 1 is 1.19 bits per heavy atom. The first-order chi connectivity index (χ1) is 15.7. The molecule has 1 atom stereocenters. The maximum Gasteiger partial charge on any atom is 0.224 e. The van der Waals surface area contributed by atoms with Gasteiger partial charge >= 0.3 is 0 Å². The van der Waals surface area contributed by atoms with Crippen molar-refractivity contribution in [2.75, 3.05) is 70.4 Å². The molecule has 1 aromatic carbocycles. The molecule has 2 aliphatic rings. The average Bonchev–Trinajstić information content (AvgIpc) is 3.26. The monoisotopic (exact) mass is 459 g/mol. The number of hydrogen-bond donors (Lipinski definition) is 1. The van der Waals surface area contributed by atoms with Crippen molar-refractivity contribution >= 4 is 32.6 Å². The topological polar surface area (TPSA) is 60.9 Å². The first-order valence-electron chi connectivity index (χ1n) is 12.2. The number of nitrogens with zero attached hydrogens (tertiary/aromatic N) is 4. The van der Waals surface area contributed by atoms with Crippen molar-refractivity contribution < 1.29 is 9.53 Å². The summed E-state index contributed by atoms with van der Waals surface area (Å²) in [6.45, 7) is 14.2. The number of piperazine rings is 1. The molecule has 2 aliphatic heterocycles. The van der Waals surface area contributed by atoms with Crippen LogP contribution in [-0.2, 0) is 4.79 Å². The van der Waals surface area contributed by atoms with Crippen molar-refractivity contribution in [1.29, 1.82) is 0 Å². The van der Waals surface area contributed by atoms with Crippen molar-refractivity contribution in [1.82, 2.24) is 20.1 Å². The van der Waals surface area contributed by atoms with Gasteiger partial charge in [-0.15, -0.1) is 0 Å². The van der Waals surface area contributed by atoms with Gasteiger partial charge in [0.2, 0.25) is 5.91 Å². The van der Waals surface area contributed by atoms with Gasteiger partial charge in [-0.3, -0.25) is 4.79 Å². The maximum atomic E-state index is 12.8. The summed E-state index contributed by atoms with van der Waals surface area (Å²) in [7, 11) is 0. The van der Waals surface area contributed by atoms with Gasteiger partial charge in [0.1, 0.15) is 5.75 Å². The number of carbonyl (C=O) groups excluding carboxylic acids is 1. The summed E-state index contributed by atoms with van der Waals surface area (Å²) < 4.78 is 6.76. The number of benzene rings is 1. The number of likely N-dealkylation sites (N-methyl/N-ethyl adjacent to an activating group) is 1. The Morgan fingerprint density at radius 2 is 2.00 bits per heavy atom. The molecule has 2 fully saturated rings. The van der Waals surface area contributed by atoms with Gasteiger partial charge in [-0.05, 0) is 57.5 Å². The van der Waals surface area contributed by atoms with Crippen LogP contribution in [0.15, 0.2) is 18.2 Å². The molecule has 7 nitrogen and oxygen atoms in total. The smallest absolute Gasteiger partial charge is 0.224 e. The lowest BCUT2D eigenvalue weighted by atomic mass is 9.97. The molecular formula is C24H37N5O2S. The van der Waals surface area contributed by atoms with E-state index in [0.717, 1.165) is 86.2 Å². The van der Waals surface area contributed by atoms with Gasteiger partial charge in [0.25, 0.3) is 0 Å². The second kappa shape index (κ2) is 11.3. The second-order valence-corrected chi connectivity index (χ2v) is 9.77. The molecule has 8 heteroatoms. The highest BCUT2D eigenvalue weighted by atomic mass is 32.1. The lowest BCUT2D eigenvalue weighted by Gasteiger charge is -2.34. The van der Waals surface area contributed by atoms with Crippen LogP contribution in [0.2, 0.25) is 0 Å². The van der Waals surface area contributed by atoms with E-state index in [9.17, 15) is 4.79 Å². The van der Waals surface area contributed by atoms with Crippen LogP contribution in [0.5, 0.6) is 5.75 Å². The number of amides is 1. The van der Waals surface area contributed by atoms with Gasteiger partial charge in [0.15, 0.2) is 5.13 Å². The first kappa shape index (κ1) is 23.3. The number of carbonyl (C=O) groups is 1. The number of piperidine rings is 1. The van der Waals surface area contributed by atoms with Crippen LogP contribution in [0.1, 0.15) is 33.1 Å². The van der Waals surface area contributed by atoms with Crippen LogP contribution in [0.25, 0.3) is 10.2 Å². The molecule has 1 unspecified atom stereocenters.